The lowest BCUT2D eigenvalue weighted by molar-refractivity contribution is 0.494. The van der Waals surface area contributed by atoms with Crippen LogP contribution in [0.1, 0.15) is 19.1 Å². The molecule has 0 aliphatic rings. The summed E-state index contributed by atoms with van der Waals surface area (Å²) in [5.41, 5.74) is 0. The Labute approximate surface area is 99.7 Å². The number of pyridine rings is 1. The predicted octanol–water partition coefficient (Wildman–Crippen LogP) is 3.25. The summed E-state index contributed by atoms with van der Waals surface area (Å²) in [6, 6.07) is 6.92. The first kappa shape index (κ1) is 11.6. The molecule has 0 bridgehead atoms. The fourth-order valence-corrected chi connectivity index (χ4v) is 1.61. The van der Waals surface area contributed by atoms with Crippen molar-refractivity contribution in [1.82, 2.24) is 4.98 Å². The van der Waals surface area contributed by atoms with Crippen molar-refractivity contribution in [1.29, 1.82) is 0 Å². The average molecular weight is 234 g/mol. The SMILES string of the molecule is CC(CCc1ccco1)Nc1ncccc1F. The van der Waals surface area contributed by atoms with Crippen molar-refractivity contribution in [2.75, 3.05) is 5.32 Å². The highest BCUT2D eigenvalue weighted by Gasteiger charge is 2.07. The van der Waals surface area contributed by atoms with Gasteiger partial charge < -0.3 is 9.73 Å². The Bertz CT molecular complexity index is 456. The van der Waals surface area contributed by atoms with Crippen molar-refractivity contribution in [3.63, 3.8) is 0 Å². The Morgan fingerprint density at radius 3 is 3.00 bits per heavy atom. The van der Waals surface area contributed by atoms with E-state index in [0.717, 1.165) is 18.6 Å². The summed E-state index contributed by atoms with van der Waals surface area (Å²) < 4.78 is 18.6. The molecule has 4 heteroatoms. The first-order chi connectivity index (χ1) is 8.25. The van der Waals surface area contributed by atoms with Gasteiger partial charge >= 0.3 is 0 Å². The second kappa shape index (κ2) is 5.48. The molecule has 0 saturated carbocycles. The molecule has 2 rings (SSSR count). The largest absolute Gasteiger partial charge is 0.469 e. The molecular formula is C13H15FN2O. The van der Waals surface area contributed by atoms with Gasteiger partial charge in [-0.2, -0.15) is 0 Å². The first-order valence-electron chi connectivity index (χ1n) is 5.65. The minimum absolute atomic E-state index is 0.143. The van der Waals surface area contributed by atoms with Crippen LogP contribution in [0.4, 0.5) is 10.2 Å². The van der Waals surface area contributed by atoms with Crippen LogP contribution in [-0.2, 0) is 6.42 Å². The summed E-state index contributed by atoms with van der Waals surface area (Å²) >= 11 is 0. The monoisotopic (exact) mass is 234 g/mol. The Hall–Kier alpha value is -1.84. The number of rotatable bonds is 5. The quantitative estimate of drug-likeness (QED) is 0.863. The van der Waals surface area contributed by atoms with E-state index in [9.17, 15) is 4.39 Å². The maximum absolute atomic E-state index is 13.3. The minimum atomic E-state index is -0.322. The van der Waals surface area contributed by atoms with Crippen molar-refractivity contribution in [2.24, 2.45) is 0 Å². The Morgan fingerprint density at radius 1 is 1.41 bits per heavy atom. The molecule has 0 spiro atoms. The predicted molar refractivity (Wildman–Crippen MR) is 64.3 cm³/mol. The summed E-state index contributed by atoms with van der Waals surface area (Å²) in [5, 5.41) is 3.04. The van der Waals surface area contributed by atoms with Crippen LogP contribution < -0.4 is 5.32 Å². The molecule has 0 amide bonds. The molecule has 0 fully saturated rings. The molecule has 90 valence electrons. The van der Waals surface area contributed by atoms with Crippen LogP contribution in [-0.4, -0.2) is 11.0 Å². The molecule has 0 aliphatic carbocycles. The van der Waals surface area contributed by atoms with Gasteiger partial charge in [-0.3, -0.25) is 0 Å². The number of hydrogen-bond donors (Lipinski definition) is 1. The molecule has 0 radical (unpaired) electrons. The number of furan rings is 1. The third-order valence-electron chi connectivity index (χ3n) is 2.55. The molecule has 1 atom stereocenters. The van der Waals surface area contributed by atoms with Gasteiger partial charge in [0, 0.05) is 18.7 Å². The lowest BCUT2D eigenvalue weighted by Gasteiger charge is -2.13. The van der Waals surface area contributed by atoms with Gasteiger partial charge in [0.05, 0.1) is 6.26 Å². The van der Waals surface area contributed by atoms with Crippen LogP contribution in [0.5, 0.6) is 0 Å². The molecule has 0 saturated heterocycles. The number of hydrogen-bond acceptors (Lipinski definition) is 3. The van der Waals surface area contributed by atoms with E-state index in [1.807, 2.05) is 19.1 Å². The molecular weight excluding hydrogens is 219 g/mol. The third kappa shape index (κ3) is 3.31. The lowest BCUT2D eigenvalue weighted by Crippen LogP contribution is -2.17. The van der Waals surface area contributed by atoms with E-state index in [2.05, 4.69) is 10.3 Å². The summed E-state index contributed by atoms with van der Waals surface area (Å²) in [4.78, 5) is 3.95. The molecule has 3 nitrogen and oxygen atoms in total. The zero-order valence-electron chi connectivity index (χ0n) is 9.69. The second-order valence-electron chi connectivity index (χ2n) is 4.00. The number of aromatic nitrogens is 1. The molecule has 2 aromatic rings. The maximum atomic E-state index is 13.3. The zero-order chi connectivity index (χ0) is 12.1. The van der Waals surface area contributed by atoms with E-state index in [1.54, 1.807) is 18.5 Å². The van der Waals surface area contributed by atoms with Crippen LogP contribution >= 0.6 is 0 Å². The van der Waals surface area contributed by atoms with E-state index >= 15 is 0 Å². The highest BCUT2D eigenvalue weighted by atomic mass is 19.1. The van der Waals surface area contributed by atoms with Crippen molar-refractivity contribution < 1.29 is 8.81 Å². The van der Waals surface area contributed by atoms with E-state index in [4.69, 9.17) is 4.42 Å². The van der Waals surface area contributed by atoms with Gasteiger partial charge in [-0.05, 0) is 37.6 Å². The Balaban J connectivity index is 1.85. The van der Waals surface area contributed by atoms with Crippen molar-refractivity contribution in [3.8, 4) is 0 Å². The van der Waals surface area contributed by atoms with Crippen molar-refractivity contribution in [2.45, 2.75) is 25.8 Å². The lowest BCUT2D eigenvalue weighted by atomic mass is 10.1. The Morgan fingerprint density at radius 2 is 2.29 bits per heavy atom. The minimum Gasteiger partial charge on any atom is -0.469 e. The Kier molecular flexibility index (Phi) is 3.75. The molecule has 17 heavy (non-hydrogen) atoms. The van der Waals surface area contributed by atoms with E-state index in [-0.39, 0.29) is 11.9 Å². The van der Waals surface area contributed by atoms with Gasteiger partial charge in [-0.15, -0.1) is 0 Å². The van der Waals surface area contributed by atoms with E-state index < -0.39 is 0 Å². The van der Waals surface area contributed by atoms with Crippen LogP contribution in [0.3, 0.4) is 0 Å². The number of anilines is 1. The van der Waals surface area contributed by atoms with Gasteiger partial charge in [0.25, 0.3) is 0 Å². The van der Waals surface area contributed by atoms with Crippen LogP contribution in [0, 0.1) is 5.82 Å². The standard InChI is InChI=1S/C13H15FN2O/c1-10(6-7-11-4-3-9-17-11)16-13-12(14)5-2-8-15-13/h2-5,8-10H,6-7H2,1H3,(H,15,16). The number of aryl methyl sites for hydroxylation is 1. The highest BCUT2D eigenvalue weighted by molar-refractivity contribution is 5.36. The van der Waals surface area contributed by atoms with E-state index in [0.29, 0.717) is 5.82 Å². The number of nitrogens with one attached hydrogen (secondary N) is 1. The molecule has 1 N–H and O–H groups in total. The molecule has 0 aliphatic heterocycles. The smallest absolute Gasteiger partial charge is 0.165 e. The number of halogens is 1. The molecule has 2 heterocycles. The van der Waals surface area contributed by atoms with Crippen LogP contribution in [0.15, 0.2) is 41.1 Å². The van der Waals surface area contributed by atoms with Crippen molar-refractivity contribution >= 4 is 5.82 Å². The summed E-state index contributed by atoms with van der Waals surface area (Å²) in [7, 11) is 0. The maximum Gasteiger partial charge on any atom is 0.165 e. The average Bonchev–Trinajstić information content (AvgIpc) is 2.82. The topological polar surface area (TPSA) is 38.1 Å². The van der Waals surface area contributed by atoms with Gasteiger partial charge in [-0.25, -0.2) is 9.37 Å². The fraction of sp³-hybridized carbons (Fsp3) is 0.308. The van der Waals surface area contributed by atoms with Gasteiger partial charge in [-0.1, -0.05) is 0 Å². The zero-order valence-corrected chi connectivity index (χ0v) is 9.69. The molecule has 2 aromatic heterocycles. The van der Waals surface area contributed by atoms with Crippen LogP contribution in [0.25, 0.3) is 0 Å². The summed E-state index contributed by atoms with van der Waals surface area (Å²) in [6.07, 6.45) is 4.93. The second-order valence-corrected chi connectivity index (χ2v) is 4.00. The van der Waals surface area contributed by atoms with Crippen LogP contribution in [0.2, 0.25) is 0 Å². The van der Waals surface area contributed by atoms with Crippen molar-refractivity contribution in [3.05, 3.63) is 48.3 Å². The normalized spacial score (nSPS) is 12.4. The fourth-order valence-electron chi connectivity index (χ4n) is 1.61. The van der Waals surface area contributed by atoms with Gasteiger partial charge in [0.15, 0.2) is 11.6 Å². The number of nitrogens with zero attached hydrogens (tertiary/aromatic N) is 1. The van der Waals surface area contributed by atoms with Gasteiger partial charge in [0.2, 0.25) is 0 Å². The highest BCUT2D eigenvalue weighted by Crippen LogP contribution is 2.13. The van der Waals surface area contributed by atoms with Gasteiger partial charge in [0.1, 0.15) is 5.76 Å². The third-order valence-corrected chi connectivity index (χ3v) is 2.55. The summed E-state index contributed by atoms with van der Waals surface area (Å²) in [6.45, 7) is 2.00. The summed E-state index contributed by atoms with van der Waals surface area (Å²) in [5.74, 6) is 0.928. The van der Waals surface area contributed by atoms with E-state index in [1.165, 1.54) is 6.07 Å². The molecule has 1 unspecified atom stereocenters. The molecule has 0 aromatic carbocycles. The first-order valence-corrected chi connectivity index (χ1v) is 5.65.